The summed E-state index contributed by atoms with van der Waals surface area (Å²) in [7, 11) is 0. The van der Waals surface area contributed by atoms with E-state index in [-0.39, 0.29) is 0 Å². The third-order valence-electron chi connectivity index (χ3n) is 3.98. The molecule has 1 aromatic carbocycles. The fourth-order valence-corrected chi connectivity index (χ4v) is 3.90. The van der Waals surface area contributed by atoms with Crippen LogP contribution in [0.15, 0.2) is 52.2 Å². The second-order valence-corrected chi connectivity index (χ2v) is 7.46. The van der Waals surface area contributed by atoms with Crippen molar-refractivity contribution in [2.24, 2.45) is 0 Å². The Morgan fingerprint density at radius 1 is 1.04 bits per heavy atom. The molecule has 120 valence electrons. The van der Waals surface area contributed by atoms with Crippen LogP contribution in [0.25, 0.3) is 17.0 Å². The molecule has 4 aromatic rings. The van der Waals surface area contributed by atoms with E-state index in [1.54, 1.807) is 23.1 Å². The predicted octanol–water partition coefficient (Wildman–Crippen LogP) is 4.76. The summed E-state index contributed by atoms with van der Waals surface area (Å²) in [5.41, 5.74) is 5.79. The first-order chi connectivity index (χ1) is 11.7. The summed E-state index contributed by atoms with van der Waals surface area (Å²) in [6.45, 7) is 4.29. The number of thioether (sulfide) groups is 1. The van der Waals surface area contributed by atoms with Crippen molar-refractivity contribution in [3.05, 3.63) is 63.8 Å². The number of rotatable bonds is 4. The maximum atomic E-state index is 4.71. The van der Waals surface area contributed by atoms with Crippen molar-refractivity contribution in [2.45, 2.75) is 24.6 Å². The lowest BCUT2D eigenvalue weighted by molar-refractivity contribution is 0.861. The van der Waals surface area contributed by atoms with Gasteiger partial charge in [-0.1, -0.05) is 30.0 Å². The zero-order chi connectivity index (χ0) is 16.5. The van der Waals surface area contributed by atoms with Gasteiger partial charge in [0, 0.05) is 16.7 Å². The molecular formula is C18H16N4S2. The molecular weight excluding hydrogens is 336 g/mol. The second kappa shape index (κ2) is 6.37. The zero-order valence-corrected chi connectivity index (χ0v) is 15.1. The molecule has 0 aliphatic heterocycles. The Labute approximate surface area is 148 Å². The highest BCUT2D eigenvalue weighted by Crippen LogP contribution is 2.25. The minimum absolute atomic E-state index is 0.770. The summed E-state index contributed by atoms with van der Waals surface area (Å²) in [5, 5.41) is 18.2. The molecule has 0 amide bonds. The first-order valence-corrected chi connectivity index (χ1v) is 9.57. The van der Waals surface area contributed by atoms with Crippen molar-refractivity contribution in [2.75, 3.05) is 0 Å². The van der Waals surface area contributed by atoms with Gasteiger partial charge in [0.05, 0.1) is 0 Å². The number of nitrogens with zero attached hydrogens (tertiary/aromatic N) is 4. The van der Waals surface area contributed by atoms with Gasteiger partial charge in [-0.15, -0.1) is 10.2 Å². The highest BCUT2D eigenvalue weighted by molar-refractivity contribution is 7.98. The number of fused-ring (bicyclic) bond motifs is 1. The second-order valence-electron chi connectivity index (χ2n) is 5.68. The van der Waals surface area contributed by atoms with E-state index in [0.29, 0.717) is 0 Å². The largest absolute Gasteiger partial charge is 0.192 e. The van der Waals surface area contributed by atoms with Crippen molar-refractivity contribution in [3.8, 4) is 11.4 Å². The van der Waals surface area contributed by atoms with Gasteiger partial charge in [0.1, 0.15) is 5.03 Å². The van der Waals surface area contributed by atoms with Gasteiger partial charge in [-0.2, -0.15) is 21.0 Å². The van der Waals surface area contributed by atoms with Gasteiger partial charge in [0.15, 0.2) is 11.5 Å². The standard InChI is InChI=1S/C18H16N4S2/c1-12-3-4-14(9-13(12)2)10-24-17-6-5-16-19-20-18(22(16)21-17)15-7-8-23-11-15/h3-9,11H,10H2,1-2H3. The normalized spacial score (nSPS) is 11.2. The number of thiophene rings is 1. The van der Waals surface area contributed by atoms with Gasteiger partial charge >= 0.3 is 0 Å². The first kappa shape index (κ1) is 15.4. The number of benzene rings is 1. The molecule has 4 nitrogen and oxygen atoms in total. The van der Waals surface area contributed by atoms with Crippen molar-refractivity contribution in [1.82, 2.24) is 19.8 Å². The maximum Gasteiger partial charge on any atom is 0.186 e. The molecule has 0 radical (unpaired) electrons. The van der Waals surface area contributed by atoms with Gasteiger partial charge in [0.2, 0.25) is 0 Å². The maximum absolute atomic E-state index is 4.71. The van der Waals surface area contributed by atoms with E-state index in [4.69, 9.17) is 5.10 Å². The fraction of sp³-hybridized carbons (Fsp3) is 0.167. The molecule has 3 heterocycles. The van der Waals surface area contributed by atoms with E-state index in [9.17, 15) is 0 Å². The fourth-order valence-electron chi connectivity index (χ4n) is 2.47. The summed E-state index contributed by atoms with van der Waals surface area (Å²) in [6, 6.07) is 12.6. The van der Waals surface area contributed by atoms with E-state index >= 15 is 0 Å². The molecule has 0 bridgehead atoms. The van der Waals surface area contributed by atoms with E-state index in [0.717, 1.165) is 27.8 Å². The smallest absolute Gasteiger partial charge is 0.186 e. The molecule has 0 aliphatic carbocycles. The number of hydrogen-bond acceptors (Lipinski definition) is 5. The van der Waals surface area contributed by atoms with Crippen LogP contribution in [0.2, 0.25) is 0 Å². The van der Waals surface area contributed by atoms with E-state index < -0.39 is 0 Å². The summed E-state index contributed by atoms with van der Waals surface area (Å²) < 4.78 is 1.82. The Morgan fingerprint density at radius 3 is 2.75 bits per heavy atom. The Kier molecular flexibility index (Phi) is 4.08. The molecule has 0 atom stereocenters. The quantitative estimate of drug-likeness (QED) is 0.497. The average molecular weight is 352 g/mol. The molecule has 0 fully saturated rings. The number of hydrogen-bond donors (Lipinski definition) is 0. The molecule has 24 heavy (non-hydrogen) atoms. The number of aromatic nitrogens is 4. The van der Waals surface area contributed by atoms with Crippen molar-refractivity contribution < 1.29 is 0 Å². The van der Waals surface area contributed by atoms with Gasteiger partial charge in [-0.25, -0.2) is 0 Å². The van der Waals surface area contributed by atoms with Crippen LogP contribution >= 0.6 is 23.1 Å². The first-order valence-electron chi connectivity index (χ1n) is 7.65. The van der Waals surface area contributed by atoms with Crippen molar-refractivity contribution in [1.29, 1.82) is 0 Å². The lowest BCUT2D eigenvalue weighted by Crippen LogP contribution is -1.96. The monoisotopic (exact) mass is 352 g/mol. The molecule has 0 saturated heterocycles. The van der Waals surface area contributed by atoms with E-state index in [1.807, 2.05) is 28.1 Å². The van der Waals surface area contributed by atoms with Crippen LogP contribution in [-0.4, -0.2) is 19.8 Å². The highest BCUT2D eigenvalue weighted by atomic mass is 32.2. The molecule has 4 rings (SSSR count). The third-order valence-corrected chi connectivity index (χ3v) is 5.65. The van der Waals surface area contributed by atoms with Gasteiger partial charge in [-0.05, 0) is 54.1 Å². The van der Waals surface area contributed by atoms with Crippen molar-refractivity contribution in [3.63, 3.8) is 0 Å². The van der Waals surface area contributed by atoms with Gasteiger partial charge < -0.3 is 0 Å². The SMILES string of the molecule is Cc1ccc(CSc2ccc3nnc(-c4ccsc4)n3n2)cc1C. The number of aryl methyl sites for hydroxylation is 2. The van der Waals surface area contributed by atoms with E-state index in [1.165, 1.54) is 16.7 Å². The molecule has 6 heteroatoms. The van der Waals surface area contributed by atoms with Crippen LogP contribution in [-0.2, 0) is 5.75 Å². The molecule has 0 saturated carbocycles. The van der Waals surface area contributed by atoms with Crippen LogP contribution in [0.4, 0.5) is 0 Å². The van der Waals surface area contributed by atoms with Crippen LogP contribution in [0, 0.1) is 13.8 Å². The van der Waals surface area contributed by atoms with Crippen molar-refractivity contribution >= 4 is 28.7 Å². The third kappa shape index (κ3) is 2.95. The summed E-state index contributed by atoms with van der Waals surface area (Å²) >= 11 is 3.37. The topological polar surface area (TPSA) is 43.1 Å². The lowest BCUT2D eigenvalue weighted by atomic mass is 10.1. The Hall–Kier alpha value is -2.18. The predicted molar refractivity (Wildman–Crippen MR) is 99.6 cm³/mol. The summed E-state index contributed by atoms with van der Waals surface area (Å²) in [4.78, 5) is 0. The molecule has 3 aromatic heterocycles. The average Bonchev–Trinajstić information content (AvgIpc) is 3.24. The lowest BCUT2D eigenvalue weighted by Gasteiger charge is -2.05. The van der Waals surface area contributed by atoms with Crippen LogP contribution in [0.3, 0.4) is 0 Å². The van der Waals surface area contributed by atoms with Gasteiger partial charge in [-0.3, -0.25) is 0 Å². The Bertz CT molecular complexity index is 990. The van der Waals surface area contributed by atoms with Crippen LogP contribution in [0.5, 0.6) is 0 Å². The summed E-state index contributed by atoms with van der Waals surface area (Å²) in [6.07, 6.45) is 0. The molecule has 0 unspecified atom stereocenters. The molecule has 0 spiro atoms. The molecule has 0 N–H and O–H groups in total. The van der Waals surface area contributed by atoms with Crippen LogP contribution < -0.4 is 0 Å². The highest BCUT2D eigenvalue weighted by Gasteiger charge is 2.10. The Morgan fingerprint density at radius 2 is 1.96 bits per heavy atom. The minimum Gasteiger partial charge on any atom is -0.192 e. The zero-order valence-electron chi connectivity index (χ0n) is 13.4. The summed E-state index contributed by atoms with van der Waals surface area (Å²) in [5.74, 6) is 1.69. The minimum atomic E-state index is 0.770. The van der Waals surface area contributed by atoms with E-state index in [2.05, 4.69) is 47.6 Å². The Balaban J connectivity index is 1.60. The van der Waals surface area contributed by atoms with Gasteiger partial charge in [0.25, 0.3) is 0 Å². The molecule has 0 aliphatic rings. The van der Waals surface area contributed by atoms with Crippen LogP contribution in [0.1, 0.15) is 16.7 Å².